The van der Waals surface area contributed by atoms with Crippen molar-refractivity contribution in [3.63, 3.8) is 0 Å². The van der Waals surface area contributed by atoms with Gasteiger partial charge in [0.15, 0.2) is 11.3 Å². The second-order valence-corrected chi connectivity index (χ2v) is 5.98. The Labute approximate surface area is 156 Å². The molecular formula is C19H20BNO6. The molecule has 0 radical (unpaired) electrons. The maximum absolute atomic E-state index is 12.3. The van der Waals surface area contributed by atoms with Gasteiger partial charge in [-0.2, -0.15) is 0 Å². The average molecular weight is 369 g/mol. The normalized spacial score (nSPS) is 12.0. The summed E-state index contributed by atoms with van der Waals surface area (Å²) in [5.74, 6) is 0.295. The van der Waals surface area contributed by atoms with E-state index < -0.39 is 13.5 Å². The highest BCUT2D eigenvalue weighted by Crippen LogP contribution is 2.30. The topological polar surface area (TPSA) is 101 Å². The fraction of sp³-hybridized carbons (Fsp3) is 0.211. The molecule has 1 aromatic heterocycles. The van der Waals surface area contributed by atoms with Crippen LogP contribution >= 0.6 is 0 Å². The van der Waals surface area contributed by atoms with Crippen LogP contribution in [0.25, 0.3) is 11.0 Å². The zero-order chi connectivity index (χ0) is 19.2. The van der Waals surface area contributed by atoms with Gasteiger partial charge in [-0.15, -0.1) is 0 Å². The number of methoxy groups -OCH3 is 1. The summed E-state index contributed by atoms with van der Waals surface area (Å²) in [6.45, 7) is 0. The second-order valence-electron chi connectivity index (χ2n) is 5.98. The van der Waals surface area contributed by atoms with Gasteiger partial charge in [-0.05, 0) is 11.6 Å². The van der Waals surface area contributed by atoms with Crippen molar-refractivity contribution in [3.8, 4) is 5.75 Å². The van der Waals surface area contributed by atoms with E-state index in [1.807, 2.05) is 42.5 Å². The molecular weight excluding hydrogens is 349 g/mol. The van der Waals surface area contributed by atoms with E-state index in [1.54, 1.807) is 13.2 Å². The molecule has 140 valence electrons. The number of nitrogens with one attached hydrogen (secondary N) is 1. The van der Waals surface area contributed by atoms with E-state index in [9.17, 15) is 14.8 Å². The van der Waals surface area contributed by atoms with E-state index in [2.05, 4.69) is 5.32 Å². The third-order valence-electron chi connectivity index (χ3n) is 4.08. The van der Waals surface area contributed by atoms with Crippen molar-refractivity contribution < 1.29 is 28.7 Å². The first-order valence-electron chi connectivity index (χ1n) is 8.45. The molecule has 0 fully saturated rings. The van der Waals surface area contributed by atoms with Gasteiger partial charge in [-0.25, -0.2) is 0 Å². The molecule has 7 nitrogen and oxygen atoms in total. The number of hydrogen-bond acceptors (Lipinski definition) is 6. The predicted octanol–water partition coefficient (Wildman–Crippen LogP) is 1.65. The molecule has 3 rings (SSSR count). The van der Waals surface area contributed by atoms with Crippen molar-refractivity contribution in [2.45, 2.75) is 19.1 Å². The molecule has 3 N–H and O–H groups in total. The first-order chi connectivity index (χ1) is 13.1. The highest BCUT2D eigenvalue weighted by atomic mass is 16.6. The highest BCUT2D eigenvalue weighted by Gasteiger charge is 2.22. The lowest BCUT2D eigenvalue weighted by Crippen LogP contribution is -2.43. The fourth-order valence-corrected chi connectivity index (χ4v) is 2.89. The largest absolute Gasteiger partial charge is 0.635 e. The van der Waals surface area contributed by atoms with Crippen LogP contribution in [0.5, 0.6) is 5.75 Å². The minimum Gasteiger partial charge on any atom is -0.493 e. The van der Waals surface area contributed by atoms with E-state index in [-0.39, 0.29) is 18.7 Å². The van der Waals surface area contributed by atoms with Crippen LogP contribution in [0.4, 0.5) is 0 Å². The maximum atomic E-state index is 12.3. The Hall–Kier alpha value is -2.81. The van der Waals surface area contributed by atoms with Crippen LogP contribution in [0.3, 0.4) is 0 Å². The van der Waals surface area contributed by atoms with E-state index in [1.165, 1.54) is 6.26 Å². The summed E-state index contributed by atoms with van der Waals surface area (Å²) in [6.07, 6.45) is 0.949. The van der Waals surface area contributed by atoms with Gasteiger partial charge in [-0.1, -0.05) is 42.5 Å². The summed E-state index contributed by atoms with van der Waals surface area (Å²) >= 11 is 0. The molecule has 1 heterocycles. The number of fused-ring (bicyclic) bond motifs is 1. The number of amides is 1. The SMILES string of the molecule is COc1cccc2c(C[C@H](NC(=O)Cc3ccccc3)OB(O)O)coc12. The van der Waals surface area contributed by atoms with Crippen LogP contribution in [-0.4, -0.2) is 36.6 Å². The molecule has 27 heavy (non-hydrogen) atoms. The van der Waals surface area contributed by atoms with Crippen LogP contribution in [-0.2, 0) is 22.3 Å². The van der Waals surface area contributed by atoms with Crippen molar-refractivity contribution in [3.05, 3.63) is 65.9 Å². The van der Waals surface area contributed by atoms with Crippen LogP contribution in [0.2, 0.25) is 0 Å². The number of rotatable bonds is 8. The number of carbonyl (C=O) groups is 1. The summed E-state index contributed by atoms with van der Waals surface area (Å²) in [6, 6.07) is 14.7. The Morgan fingerprint density at radius 2 is 1.96 bits per heavy atom. The molecule has 0 aliphatic carbocycles. The molecule has 1 atom stereocenters. The molecule has 3 aromatic rings. The van der Waals surface area contributed by atoms with Gasteiger partial charge in [0.05, 0.1) is 19.8 Å². The molecule has 0 aliphatic rings. The van der Waals surface area contributed by atoms with Crippen LogP contribution in [0.1, 0.15) is 11.1 Å². The summed E-state index contributed by atoms with van der Waals surface area (Å²) in [7, 11) is -0.464. The first kappa shape index (κ1) is 19.0. The third kappa shape index (κ3) is 4.88. The quantitative estimate of drug-likeness (QED) is 0.412. The minimum atomic E-state index is -2.01. The van der Waals surface area contributed by atoms with Crippen molar-refractivity contribution in [2.24, 2.45) is 0 Å². The van der Waals surface area contributed by atoms with Crippen molar-refractivity contribution >= 4 is 24.2 Å². The van der Waals surface area contributed by atoms with Gasteiger partial charge in [0.2, 0.25) is 5.91 Å². The Kier molecular flexibility index (Phi) is 6.13. The standard InChI is InChI=1S/C19H20BNO6/c1-25-16-9-5-8-15-14(12-26-19(15)16)11-18(27-20(23)24)21-17(22)10-13-6-3-2-4-7-13/h2-9,12,18,23-24H,10-11H2,1H3,(H,21,22)/t18-/m1/s1. The lowest BCUT2D eigenvalue weighted by atomic mass is 10.1. The number of carbonyl (C=O) groups excluding carboxylic acids is 1. The summed E-state index contributed by atoms with van der Waals surface area (Å²) in [5.41, 5.74) is 2.17. The lowest BCUT2D eigenvalue weighted by molar-refractivity contribution is -0.123. The number of ether oxygens (including phenoxy) is 1. The van der Waals surface area contributed by atoms with Gasteiger partial charge < -0.3 is 29.2 Å². The zero-order valence-electron chi connectivity index (χ0n) is 14.8. The fourth-order valence-electron chi connectivity index (χ4n) is 2.89. The van der Waals surface area contributed by atoms with Crippen molar-refractivity contribution in [1.29, 1.82) is 0 Å². The van der Waals surface area contributed by atoms with Gasteiger partial charge in [-0.3, -0.25) is 4.79 Å². The van der Waals surface area contributed by atoms with Crippen LogP contribution < -0.4 is 10.1 Å². The molecule has 0 unspecified atom stereocenters. The van der Waals surface area contributed by atoms with Crippen LogP contribution in [0.15, 0.2) is 59.2 Å². The van der Waals surface area contributed by atoms with Gasteiger partial charge in [0.1, 0.15) is 6.23 Å². The van der Waals surface area contributed by atoms with Gasteiger partial charge >= 0.3 is 7.32 Å². The summed E-state index contributed by atoms with van der Waals surface area (Å²) < 4.78 is 15.9. The molecule has 0 aliphatic heterocycles. The molecule has 0 saturated heterocycles. The Bertz CT molecular complexity index is 896. The minimum absolute atomic E-state index is 0.155. The predicted molar refractivity (Wildman–Crippen MR) is 99.8 cm³/mol. The molecule has 0 bridgehead atoms. The molecule has 2 aromatic carbocycles. The van der Waals surface area contributed by atoms with E-state index >= 15 is 0 Å². The Morgan fingerprint density at radius 3 is 2.67 bits per heavy atom. The number of benzene rings is 2. The lowest BCUT2D eigenvalue weighted by Gasteiger charge is -2.19. The molecule has 0 saturated carbocycles. The van der Waals surface area contributed by atoms with E-state index in [0.717, 1.165) is 16.5 Å². The molecule has 1 amide bonds. The average Bonchev–Trinajstić information content (AvgIpc) is 3.05. The van der Waals surface area contributed by atoms with E-state index in [0.29, 0.717) is 11.3 Å². The third-order valence-corrected chi connectivity index (χ3v) is 4.08. The Morgan fingerprint density at radius 1 is 1.19 bits per heavy atom. The van der Waals surface area contributed by atoms with Gasteiger partial charge in [0.25, 0.3) is 0 Å². The maximum Gasteiger partial charge on any atom is 0.635 e. The monoisotopic (exact) mass is 369 g/mol. The van der Waals surface area contributed by atoms with Crippen molar-refractivity contribution in [2.75, 3.05) is 7.11 Å². The summed E-state index contributed by atoms with van der Waals surface area (Å²) in [4.78, 5) is 12.3. The Balaban J connectivity index is 1.74. The van der Waals surface area contributed by atoms with E-state index in [4.69, 9.17) is 13.8 Å². The number of hydrogen-bond donors (Lipinski definition) is 3. The van der Waals surface area contributed by atoms with Crippen molar-refractivity contribution in [1.82, 2.24) is 5.32 Å². The first-order valence-corrected chi connectivity index (χ1v) is 8.45. The number of furan rings is 1. The highest BCUT2D eigenvalue weighted by molar-refractivity contribution is 6.32. The van der Waals surface area contributed by atoms with Crippen LogP contribution in [0, 0.1) is 0 Å². The van der Waals surface area contributed by atoms with Gasteiger partial charge in [0, 0.05) is 17.4 Å². The smallest absolute Gasteiger partial charge is 0.493 e. The number of para-hydroxylation sites is 1. The molecule has 8 heteroatoms. The zero-order valence-corrected chi connectivity index (χ0v) is 14.8. The summed E-state index contributed by atoms with van der Waals surface area (Å²) in [5, 5.41) is 21.8. The molecule has 0 spiro atoms. The second kappa shape index (κ2) is 8.72.